The van der Waals surface area contributed by atoms with Crippen LogP contribution in [-0.4, -0.2) is 19.7 Å². The fourth-order valence-electron chi connectivity index (χ4n) is 3.14. The lowest BCUT2D eigenvalue weighted by atomic mass is 9.69. The van der Waals surface area contributed by atoms with E-state index in [0.717, 1.165) is 12.3 Å². The molecule has 1 aliphatic rings. The van der Waals surface area contributed by atoms with Gasteiger partial charge in [-0.2, -0.15) is 0 Å². The quantitative estimate of drug-likeness (QED) is 0.868. The van der Waals surface area contributed by atoms with Gasteiger partial charge in [-0.25, -0.2) is 0 Å². The minimum Gasteiger partial charge on any atom is -0.497 e. The highest BCUT2D eigenvalue weighted by Gasteiger charge is 2.33. The van der Waals surface area contributed by atoms with Crippen molar-refractivity contribution in [1.82, 2.24) is 5.32 Å². The molecule has 1 N–H and O–H groups in total. The summed E-state index contributed by atoms with van der Waals surface area (Å²) >= 11 is 0. The van der Waals surface area contributed by atoms with Crippen molar-refractivity contribution >= 4 is 0 Å². The predicted octanol–water partition coefficient (Wildman–Crippen LogP) is 3.90. The first-order chi connectivity index (χ1) is 9.16. The van der Waals surface area contributed by atoms with E-state index in [0.29, 0.717) is 11.5 Å². The van der Waals surface area contributed by atoms with Crippen LogP contribution in [0.3, 0.4) is 0 Å². The van der Waals surface area contributed by atoms with Gasteiger partial charge in [-0.05, 0) is 30.5 Å². The van der Waals surface area contributed by atoms with Crippen LogP contribution >= 0.6 is 0 Å². The SMILES string of the molecule is COc1ccc(C2(CNC(C)C)CCCCC2)cc1. The van der Waals surface area contributed by atoms with Gasteiger partial charge in [-0.1, -0.05) is 45.2 Å². The highest BCUT2D eigenvalue weighted by molar-refractivity contribution is 5.33. The van der Waals surface area contributed by atoms with E-state index < -0.39 is 0 Å². The van der Waals surface area contributed by atoms with E-state index in [-0.39, 0.29) is 0 Å². The molecule has 2 rings (SSSR count). The second kappa shape index (κ2) is 6.42. The summed E-state index contributed by atoms with van der Waals surface area (Å²) in [4.78, 5) is 0. The maximum Gasteiger partial charge on any atom is 0.118 e. The normalized spacial score (nSPS) is 18.5. The van der Waals surface area contributed by atoms with Gasteiger partial charge < -0.3 is 10.1 Å². The van der Waals surface area contributed by atoms with Crippen molar-refractivity contribution in [3.05, 3.63) is 29.8 Å². The van der Waals surface area contributed by atoms with Crippen LogP contribution in [0.15, 0.2) is 24.3 Å². The Morgan fingerprint density at radius 3 is 2.26 bits per heavy atom. The van der Waals surface area contributed by atoms with E-state index in [4.69, 9.17) is 4.74 Å². The largest absolute Gasteiger partial charge is 0.497 e. The summed E-state index contributed by atoms with van der Waals surface area (Å²) in [5, 5.41) is 3.65. The van der Waals surface area contributed by atoms with Crippen LogP contribution in [-0.2, 0) is 5.41 Å². The first-order valence-electron chi connectivity index (χ1n) is 7.54. The van der Waals surface area contributed by atoms with E-state index in [9.17, 15) is 0 Å². The maximum absolute atomic E-state index is 5.27. The molecule has 1 aromatic carbocycles. The van der Waals surface area contributed by atoms with Gasteiger partial charge in [0, 0.05) is 18.0 Å². The number of benzene rings is 1. The topological polar surface area (TPSA) is 21.3 Å². The standard InChI is InChI=1S/C17H27NO/c1-14(2)18-13-17(11-5-4-6-12-17)15-7-9-16(19-3)10-8-15/h7-10,14,18H,4-6,11-13H2,1-3H3. The van der Waals surface area contributed by atoms with Crippen molar-refractivity contribution in [2.45, 2.75) is 57.4 Å². The highest BCUT2D eigenvalue weighted by Crippen LogP contribution is 2.39. The number of methoxy groups -OCH3 is 1. The molecule has 0 aromatic heterocycles. The summed E-state index contributed by atoms with van der Waals surface area (Å²) in [5.74, 6) is 0.950. The highest BCUT2D eigenvalue weighted by atomic mass is 16.5. The Morgan fingerprint density at radius 2 is 1.74 bits per heavy atom. The average molecular weight is 261 g/mol. The second-order valence-electron chi connectivity index (χ2n) is 6.11. The lowest BCUT2D eigenvalue weighted by Gasteiger charge is -2.39. The fourth-order valence-corrected chi connectivity index (χ4v) is 3.14. The molecule has 1 fully saturated rings. The van der Waals surface area contributed by atoms with Crippen LogP contribution in [0, 0.1) is 0 Å². The van der Waals surface area contributed by atoms with Crippen LogP contribution in [0.5, 0.6) is 5.75 Å². The van der Waals surface area contributed by atoms with Crippen molar-refractivity contribution in [2.24, 2.45) is 0 Å². The van der Waals surface area contributed by atoms with Crippen molar-refractivity contribution in [3.63, 3.8) is 0 Å². The van der Waals surface area contributed by atoms with Gasteiger partial charge in [-0.3, -0.25) is 0 Å². The molecular formula is C17H27NO. The second-order valence-corrected chi connectivity index (χ2v) is 6.11. The Morgan fingerprint density at radius 1 is 1.11 bits per heavy atom. The Balaban J connectivity index is 2.19. The van der Waals surface area contributed by atoms with Gasteiger partial charge in [0.2, 0.25) is 0 Å². The lowest BCUT2D eigenvalue weighted by molar-refractivity contribution is 0.273. The van der Waals surface area contributed by atoms with Crippen LogP contribution in [0.25, 0.3) is 0 Å². The van der Waals surface area contributed by atoms with Gasteiger partial charge >= 0.3 is 0 Å². The minimum absolute atomic E-state index is 0.328. The monoisotopic (exact) mass is 261 g/mol. The number of rotatable bonds is 5. The van der Waals surface area contributed by atoms with E-state index >= 15 is 0 Å². The zero-order valence-corrected chi connectivity index (χ0v) is 12.5. The minimum atomic E-state index is 0.328. The molecule has 1 aromatic rings. The molecule has 106 valence electrons. The van der Waals surface area contributed by atoms with E-state index in [1.807, 2.05) is 0 Å². The third kappa shape index (κ3) is 3.50. The van der Waals surface area contributed by atoms with Crippen LogP contribution < -0.4 is 10.1 Å². The zero-order chi connectivity index (χ0) is 13.7. The molecule has 0 unspecified atom stereocenters. The van der Waals surface area contributed by atoms with Crippen LogP contribution in [0.4, 0.5) is 0 Å². The molecule has 0 radical (unpaired) electrons. The molecular weight excluding hydrogens is 234 g/mol. The summed E-state index contributed by atoms with van der Waals surface area (Å²) < 4.78 is 5.27. The molecule has 0 saturated heterocycles. The summed E-state index contributed by atoms with van der Waals surface area (Å²) in [6.45, 7) is 5.55. The van der Waals surface area contributed by atoms with Gasteiger partial charge in [0.05, 0.1) is 7.11 Å². The van der Waals surface area contributed by atoms with E-state index in [1.54, 1.807) is 7.11 Å². The van der Waals surface area contributed by atoms with Gasteiger partial charge in [0.25, 0.3) is 0 Å². The number of ether oxygens (including phenoxy) is 1. The maximum atomic E-state index is 5.27. The summed E-state index contributed by atoms with van der Waals surface area (Å²) in [6.07, 6.45) is 6.70. The first kappa shape index (κ1) is 14.4. The third-order valence-electron chi connectivity index (χ3n) is 4.36. The van der Waals surface area contributed by atoms with Crippen molar-refractivity contribution in [2.75, 3.05) is 13.7 Å². The molecule has 19 heavy (non-hydrogen) atoms. The molecule has 2 heteroatoms. The Labute approximate surface area is 117 Å². The summed E-state index contributed by atoms with van der Waals surface area (Å²) in [6, 6.07) is 9.26. The molecule has 0 bridgehead atoms. The number of nitrogens with one attached hydrogen (secondary N) is 1. The Kier molecular flexibility index (Phi) is 4.87. The predicted molar refractivity (Wildman–Crippen MR) is 80.9 cm³/mol. The Bertz CT molecular complexity index is 377. The lowest BCUT2D eigenvalue weighted by Crippen LogP contribution is -2.42. The molecule has 0 aliphatic heterocycles. The van der Waals surface area contributed by atoms with Gasteiger partial charge in [0.1, 0.15) is 5.75 Å². The molecule has 1 saturated carbocycles. The molecule has 0 heterocycles. The average Bonchev–Trinajstić information content (AvgIpc) is 2.46. The van der Waals surface area contributed by atoms with Crippen molar-refractivity contribution in [3.8, 4) is 5.75 Å². The van der Waals surface area contributed by atoms with E-state index in [1.165, 1.54) is 37.7 Å². The molecule has 2 nitrogen and oxygen atoms in total. The summed E-state index contributed by atoms with van der Waals surface area (Å²) in [5.41, 5.74) is 1.80. The molecule has 0 atom stereocenters. The Hall–Kier alpha value is -1.02. The van der Waals surface area contributed by atoms with Gasteiger partial charge in [0.15, 0.2) is 0 Å². The summed E-state index contributed by atoms with van der Waals surface area (Å²) in [7, 11) is 1.73. The third-order valence-corrected chi connectivity index (χ3v) is 4.36. The zero-order valence-electron chi connectivity index (χ0n) is 12.5. The smallest absolute Gasteiger partial charge is 0.118 e. The first-order valence-corrected chi connectivity index (χ1v) is 7.54. The molecule has 0 spiro atoms. The van der Waals surface area contributed by atoms with Crippen LogP contribution in [0.2, 0.25) is 0 Å². The van der Waals surface area contributed by atoms with Gasteiger partial charge in [-0.15, -0.1) is 0 Å². The van der Waals surface area contributed by atoms with Crippen molar-refractivity contribution in [1.29, 1.82) is 0 Å². The molecule has 1 aliphatic carbocycles. The van der Waals surface area contributed by atoms with Crippen molar-refractivity contribution < 1.29 is 4.74 Å². The number of hydrogen-bond donors (Lipinski definition) is 1. The van der Waals surface area contributed by atoms with Crippen LogP contribution in [0.1, 0.15) is 51.5 Å². The fraction of sp³-hybridized carbons (Fsp3) is 0.647. The molecule has 0 amide bonds. The number of hydrogen-bond acceptors (Lipinski definition) is 2. The van der Waals surface area contributed by atoms with E-state index in [2.05, 4.69) is 43.4 Å².